The molecule has 2 fully saturated rings. The van der Waals surface area contributed by atoms with E-state index < -0.39 is 0 Å². The van der Waals surface area contributed by atoms with Gasteiger partial charge in [-0.2, -0.15) is 0 Å². The lowest BCUT2D eigenvalue weighted by atomic mass is 9.74. The van der Waals surface area contributed by atoms with Gasteiger partial charge in [0.15, 0.2) is 0 Å². The lowest BCUT2D eigenvalue weighted by Crippen LogP contribution is -2.52. The topological polar surface area (TPSA) is 20.3 Å². The lowest BCUT2D eigenvalue weighted by Gasteiger charge is -2.50. The first-order chi connectivity index (χ1) is 8.82. The minimum absolute atomic E-state index is 0.00975. The third kappa shape index (κ3) is 1.23. The van der Waals surface area contributed by atoms with Gasteiger partial charge in [0.05, 0.1) is 5.75 Å². The molecule has 18 heavy (non-hydrogen) atoms. The molecule has 94 valence electrons. The third-order valence-electron chi connectivity index (χ3n) is 4.77. The summed E-state index contributed by atoms with van der Waals surface area (Å²) in [5, 5.41) is 0. The van der Waals surface area contributed by atoms with Crippen molar-refractivity contribution in [1.82, 2.24) is 4.90 Å². The van der Waals surface area contributed by atoms with Crippen LogP contribution in [-0.2, 0) is 16.1 Å². The van der Waals surface area contributed by atoms with Crippen LogP contribution in [0.4, 0.5) is 0 Å². The second-order valence-electron chi connectivity index (χ2n) is 5.57. The zero-order chi connectivity index (χ0) is 12.2. The van der Waals surface area contributed by atoms with Crippen molar-refractivity contribution in [2.45, 2.75) is 30.6 Å². The Morgan fingerprint density at radius 2 is 2.17 bits per heavy atom. The van der Waals surface area contributed by atoms with Gasteiger partial charge in [-0.15, -0.1) is 11.8 Å². The first-order valence-electron chi connectivity index (χ1n) is 6.85. The Morgan fingerprint density at radius 1 is 1.28 bits per heavy atom. The summed E-state index contributed by atoms with van der Waals surface area (Å²) in [7, 11) is 0. The molecule has 1 aliphatic carbocycles. The molecule has 3 aliphatic rings. The Balaban J connectivity index is 1.93. The molecule has 0 radical (unpaired) electrons. The van der Waals surface area contributed by atoms with Crippen molar-refractivity contribution in [2.75, 3.05) is 12.3 Å². The van der Waals surface area contributed by atoms with Crippen molar-refractivity contribution in [3.8, 4) is 0 Å². The molecule has 1 aromatic carbocycles. The minimum atomic E-state index is -0.00975. The number of fused-ring (bicyclic) bond motifs is 1. The Hall–Kier alpha value is -0.960. The molecule has 2 atom stereocenters. The predicted octanol–water partition coefficient (Wildman–Crippen LogP) is 2.77. The molecular weight excluding hydrogens is 242 g/mol. The van der Waals surface area contributed by atoms with Crippen LogP contribution < -0.4 is 0 Å². The average molecular weight is 259 g/mol. The molecule has 2 saturated heterocycles. The van der Waals surface area contributed by atoms with E-state index in [9.17, 15) is 4.79 Å². The number of benzene rings is 1. The number of aryl methyl sites for hydroxylation is 1. The smallest absolute Gasteiger partial charge is 0.234 e. The van der Waals surface area contributed by atoms with Crippen LogP contribution in [0.1, 0.15) is 30.4 Å². The first kappa shape index (κ1) is 10.9. The molecule has 2 aliphatic heterocycles. The molecule has 4 rings (SSSR count). The van der Waals surface area contributed by atoms with Crippen molar-refractivity contribution in [2.24, 2.45) is 5.92 Å². The van der Waals surface area contributed by atoms with Crippen molar-refractivity contribution in [3.05, 3.63) is 35.4 Å². The van der Waals surface area contributed by atoms with E-state index >= 15 is 0 Å². The predicted molar refractivity (Wildman–Crippen MR) is 73.3 cm³/mol. The number of carbonyl (C=O) groups excluding carboxylic acids is 1. The summed E-state index contributed by atoms with van der Waals surface area (Å²) in [5.41, 5.74) is 2.89. The molecule has 2 heterocycles. The van der Waals surface area contributed by atoms with Crippen LogP contribution in [0.3, 0.4) is 0 Å². The minimum Gasteiger partial charge on any atom is -0.323 e. The fourth-order valence-electron chi connectivity index (χ4n) is 4.03. The average Bonchev–Trinajstić information content (AvgIpc) is 2.76. The van der Waals surface area contributed by atoms with Crippen molar-refractivity contribution in [1.29, 1.82) is 0 Å². The number of nitrogens with zero attached hydrogens (tertiary/aromatic N) is 1. The Kier molecular flexibility index (Phi) is 2.28. The second kappa shape index (κ2) is 3.77. The first-order valence-corrected chi connectivity index (χ1v) is 7.84. The van der Waals surface area contributed by atoms with Gasteiger partial charge in [0.2, 0.25) is 5.91 Å². The quantitative estimate of drug-likeness (QED) is 0.714. The van der Waals surface area contributed by atoms with Gasteiger partial charge in [-0.25, -0.2) is 0 Å². The van der Waals surface area contributed by atoms with E-state index in [2.05, 4.69) is 29.2 Å². The van der Waals surface area contributed by atoms with E-state index in [0.717, 1.165) is 6.54 Å². The molecule has 1 amide bonds. The van der Waals surface area contributed by atoms with Gasteiger partial charge >= 0.3 is 0 Å². The van der Waals surface area contributed by atoms with Gasteiger partial charge in [0.25, 0.3) is 0 Å². The number of carbonyl (C=O) groups is 1. The summed E-state index contributed by atoms with van der Waals surface area (Å²) >= 11 is 1.88. The number of rotatable bonds is 0. The lowest BCUT2D eigenvalue weighted by molar-refractivity contribution is -0.134. The van der Waals surface area contributed by atoms with Gasteiger partial charge in [-0.05, 0) is 42.7 Å². The maximum Gasteiger partial charge on any atom is 0.234 e. The zero-order valence-corrected chi connectivity index (χ0v) is 11.2. The van der Waals surface area contributed by atoms with Crippen LogP contribution in [-0.4, -0.2) is 23.1 Å². The largest absolute Gasteiger partial charge is 0.323 e. The highest BCUT2D eigenvalue weighted by Crippen LogP contribution is 2.58. The van der Waals surface area contributed by atoms with E-state index in [-0.39, 0.29) is 4.87 Å². The fourth-order valence-corrected chi connectivity index (χ4v) is 5.71. The van der Waals surface area contributed by atoms with Gasteiger partial charge in [0, 0.05) is 6.54 Å². The fraction of sp³-hybridized carbons (Fsp3) is 0.533. The molecule has 3 heteroatoms. The van der Waals surface area contributed by atoms with Crippen LogP contribution in [0.15, 0.2) is 24.3 Å². The Labute approximate surface area is 112 Å². The molecule has 0 bridgehead atoms. The molecule has 0 aromatic heterocycles. The number of hydrogen-bond acceptors (Lipinski definition) is 2. The van der Waals surface area contributed by atoms with Crippen LogP contribution in [0.2, 0.25) is 0 Å². The zero-order valence-electron chi connectivity index (χ0n) is 10.4. The molecule has 0 saturated carbocycles. The second-order valence-corrected chi connectivity index (χ2v) is 6.77. The Bertz CT molecular complexity index is 515. The van der Waals surface area contributed by atoms with E-state index in [1.165, 1.54) is 36.8 Å². The van der Waals surface area contributed by atoms with E-state index in [1.807, 2.05) is 11.8 Å². The van der Waals surface area contributed by atoms with E-state index in [0.29, 0.717) is 17.6 Å². The summed E-state index contributed by atoms with van der Waals surface area (Å²) in [6, 6.07) is 8.76. The van der Waals surface area contributed by atoms with E-state index in [1.54, 1.807) is 0 Å². The number of piperidine rings is 1. The van der Waals surface area contributed by atoms with Crippen molar-refractivity contribution in [3.63, 3.8) is 0 Å². The number of amides is 1. The normalized spacial score (nSPS) is 33.9. The third-order valence-corrected chi connectivity index (χ3v) is 6.38. The van der Waals surface area contributed by atoms with Crippen molar-refractivity contribution < 1.29 is 4.79 Å². The van der Waals surface area contributed by atoms with Crippen LogP contribution in [0, 0.1) is 5.92 Å². The van der Waals surface area contributed by atoms with Crippen LogP contribution in [0.25, 0.3) is 0 Å². The Morgan fingerprint density at radius 3 is 3.11 bits per heavy atom. The summed E-state index contributed by atoms with van der Waals surface area (Å²) < 4.78 is 0. The summed E-state index contributed by atoms with van der Waals surface area (Å²) in [6.45, 7) is 0.955. The molecule has 2 unspecified atom stereocenters. The molecular formula is C15H17NOS. The van der Waals surface area contributed by atoms with Crippen LogP contribution >= 0.6 is 11.8 Å². The molecule has 1 spiro atoms. The van der Waals surface area contributed by atoms with Gasteiger partial charge in [0.1, 0.15) is 4.87 Å². The summed E-state index contributed by atoms with van der Waals surface area (Å²) in [6.07, 6.45) is 4.89. The summed E-state index contributed by atoms with van der Waals surface area (Å²) in [5.74, 6) is 1.68. The highest BCUT2D eigenvalue weighted by molar-refractivity contribution is 8.01. The van der Waals surface area contributed by atoms with E-state index in [4.69, 9.17) is 0 Å². The molecule has 1 aromatic rings. The van der Waals surface area contributed by atoms with Gasteiger partial charge in [-0.1, -0.05) is 24.3 Å². The SMILES string of the molecule is O=C1CSC23c4ccccc4CCC2CCCN13. The van der Waals surface area contributed by atoms with Gasteiger partial charge in [-0.3, -0.25) is 4.79 Å². The number of hydrogen-bond donors (Lipinski definition) is 0. The summed E-state index contributed by atoms with van der Waals surface area (Å²) in [4.78, 5) is 14.3. The standard InChI is InChI=1S/C15H17NOS/c17-14-10-18-15-12(5-3-9-16(14)15)8-7-11-4-1-2-6-13(11)15/h1-2,4,6,12H,3,5,7-10H2. The monoisotopic (exact) mass is 259 g/mol. The molecule has 2 nitrogen and oxygen atoms in total. The van der Waals surface area contributed by atoms with Crippen LogP contribution in [0.5, 0.6) is 0 Å². The maximum absolute atomic E-state index is 12.2. The highest BCUT2D eigenvalue weighted by atomic mass is 32.2. The maximum atomic E-state index is 12.2. The van der Waals surface area contributed by atoms with Gasteiger partial charge < -0.3 is 4.90 Å². The van der Waals surface area contributed by atoms with Crippen molar-refractivity contribution >= 4 is 17.7 Å². The number of thioether (sulfide) groups is 1. The molecule has 0 N–H and O–H groups in total. The highest BCUT2D eigenvalue weighted by Gasteiger charge is 2.56.